The topological polar surface area (TPSA) is 105 Å². The summed E-state index contributed by atoms with van der Waals surface area (Å²) in [4.78, 5) is 21.7. The van der Waals surface area contributed by atoms with E-state index in [9.17, 15) is 14.9 Å². The van der Waals surface area contributed by atoms with E-state index in [1.54, 1.807) is 0 Å². The van der Waals surface area contributed by atoms with E-state index in [1.807, 2.05) is 6.92 Å². The van der Waals surface area contributed by atoms with Crippen molar-refractivity contribution < 1.29 is 14.5 Å². The van der Waals surface area contributed by atoms with Crippen molar-refractivity contribution >= 4 is 11.7 Å². The highest BCUT2D eigenvalue weighted by Crippen LogP contribution is 2.20. The molecule has 0 aliphatic carbocycles. The molecule has 0 aliphatic rings. The van der Waals surface area contributed by atoms with Crippen molar-refractivity contribution in [2.45, 2.75) is 13.5 Å². The maximum atomic E-state index is 11.3. The third kappa shape index (κ3) is 2.30. The van der Waals surface area contributed by atoms with E-state index in [4.69, 9.17) is 0 Å². The molecule has 0 N–H and O–H groups in total. The van der Waals surface area contributed by atoms with Gasteiger partial charge >= 0.3 is 11.7 Å². The maximum Gasteiger partial charge on any atom is 0.358 e. The predicted molar refractivity (Wildman–Crippen MR) is 63.0 cm³/mol. The summed E-state index contributed by atoms with van der Waals surface area (Å²) in [5.41, 5.74) is -0.121. The van der Waals surface area contributed by atoms with Crippen molar-refractivity contribution in [2.24, 2.45) is 0 Å². The van der Waals surface area contributed by atoms with Crippen LogP contribution in [0.2, 0.25) is 0 Å². The largest absolute Gasteiger partial charge is 0.464 e. The number of aromatic nitrogens is 4. The van der Waals surface area contributed by atoms with Crippen LogP contribution in [-0.4, -0.2) is 37.6 Å². The fourth-order valence-corrected chi connectivity index (χ4v) is 1.51. The fourth-order valence-electron chi connectivity index (χ4n) is 1.51. The van der Waals surface area contributed by atoms with Gasteiger partial charge in [0.1, 0.15) is 6.20 Å². The van der Waals surface area contributed by atoms with Crippen LogP contribution in [0, 0.1) is 10.1 Å². The van der Waals surface area contributed by atoms with E-state index < -0.39 is 10.9 Å². The van der Waals surface area contributed by atoms with Gasteiger partial charge < -0.3 is 4.74 Å². The third-order valence-corrected chi connectivity index (χ3v) is 2.44. The minimum absolute atomic E-state index is 0.0574. The smallest absolute Gasteiger partial charge is 0.358 e. The quantitative estimate of drug-likeness (QED) is 0.459. The molecule has 0 atom stereocenters. The first kappa shape index (κ1) is 12.7. The van der Waals surface area contributed by atoms with Crippen LogP contribution in [0.1, 0.15) is 17.4 Å². The van der Waals surface area contributed by atoms with Crippen molar-refractivity contribution in [1.82, 2.24) is 19.6 Å². The number of esters is 1. The van der Waals surface area contributed by atoms with Crippen LogP contribution in [0.15, 0.2) is 18.5 Å². The summed E-state index contributed by atoms with van der Waals surface area (Å²) < 4.78 is 7.12. The van der Waals surface area contributed by atoms with E-state index in [0.717, 1.165) is 0 Å². The zero-order valence-electron chi connectivity index (χ0n) is 10.3. The van der Waals surface area contributed by atoms with Gasteiger partial charge in [0.05, 0.1) is 12.0 Å². The van der Waals surface area contributed by atoms with Crippen molar-refractivity contribution in [2.75, 3.05) is 7.11 Å². The monoisotopic (exact) mass is 265 g/mol. The van der Waals surface area contributed by atoms with Crippen LogP contribution in [0.4, 0.5) is 5.69 Å². The van der Waals surface area contributed by atoms with Gasteiger partial charge in [-0.15, -0.1) is 5.10 Å². The lowest BCUT2D eigenvalue weighted by Crippen LogP contribution is -2.06. The second-order valence-corrected chi connectivity index (χ2v) is 3.59. The lowest BCUT2D eigenvalue weighted by Gasteiger charge is -1.96. The van der Waals surface area contributed by atoms with Gasteiger partial charge in [-0.2, -0.15) is 5.10 Å². The molecule has 2 aromatic heterocycles. The Bertz CT molecular complexity index is 630. The van der Waals surface area contributed by atoms with Crippen LogP contribution < -0.4 is 0 Å². The zero-order valence-corrected chi connectivity index (χ0v) is 10.3. The first-order valence-corrected chi connectivity index (χ1v) is 5.43. The molecule has 0 saturated carbocycles. The standard InChI is InChI=1S/C10H11N5O4/c1-3-13-6-8(15(17)18)9(12-13)14-5-4-7(11-14)10(16)19-2/h4-6H,3H2,1-2H3. The Morgan fingerprint density at radius 1 is 1.53 bits per heavy atom. The summed E-state index contributed by atoms with van der Waals surface area (Å²) >= 11 is 0. The highest BCUT2D eigenvalue weighted by atomic mass is 16.6. The van der Waals surface area contributed by atoms with Gasteiger partial charge in [0.25, 0.3) is 5.82 Å². The van der Waals surface area contributed by atoms with E-state index in [2.05, 4.69) is 14.9 Å². The molecule has 0 aliphatic heterocycles. The Morgan fingerprint density at radius 3 is 2.84 bits per heavy atom. The number of ether oxygens (including phenoxy) is 1. The number of hydrogen-bond acceptors (Lipinski definition) is 6. The highest BCUT2D eigenvalue weighted by molar-refractivity contribution is 5.86. The third-order valence-electron chi connectivity index (χ3n) is 2.44. The molecule has 0 aromatic carbocycles. The fraction of sp³-hybridized carbons (Fsp3) is 0.300. The minimum Gasteiger partial charge on any atom is -0.464 e. The molecule has 0 saturated heterocycles. The van der Waals surface area contributed by atoms with Crippen LogP contribution >= 0.6 is 0 Å². The van der Waals surface area contributed by atoms with Gasteiger partial charge in [-0.3, -0.25) is 14.8 Å². The van der Waals surface area contributed by atoms with Crippen LogP contribution in [-0.2, 0) is 11.3 Å². The molecule has 0 radical (unpaired) electrons. The van der Waals surface area contributed by atoms with Gasteiger partial charge in [0.2, 0.25) is 0 Å². The number of hydrogen-bond donors (Lipinski definition) is 0. The number of carbonyl (C=O) groups excluding carboxylic acids is 1. The molecule has 0 spiro atoms. The molecule has 9 heteroatoms. The number of methoxy groups -OCH3 is 1. The molecular formula is C10H11N5O4. The summed E-state index contributed by atoms with van der Waals surface area (Å²) in [5.74, 6) is -0.557. The summed E-state index contributed by atoms with van der Waals surface area (Å²) in [7, 11) is 1.23. The number of nitrogens with zero attached hydrogens (tertiary/aromatic N) is 5. The van der Waals surface area contributed by atoms with E-state index in [-0.39, 0.29) is 17.2 Å². The SMILES string of the molecule is CCn1cc([N+](=O)[O-])c(-n2ccc(C(=O)OC)n2)n1. The lowest BCUT2D eigenvalue weighted by atomic mass is 10.4. The van der Waals surface area contributed by atoms with Crippen LogP contribution in [0.3, 0.4) is 0 Å². The summed E-state index contributed by atoms with van der Waals surface area (Å²) in [6.45, 7) is 2.30. The molecular weight excluding hydrogens is 254 g/mol. The van der Waals surface area contributed by atoms with Gasteiger partial charge in [-0.1, -0.05) is 0 Å². The molecule has 0 amide bonds. The Kier molecular flexibility index (Phi) is 3.27. The zero-order chi connectivity index (χ0) is 14.0. The molecule has 0 unspecified atom stereocenters. The summed E-state index contributed by atoms with van der Waals surface area (Å²) in [5, 5.41) is 18.9. The second-order valence-electron chi connectivity index (χ2n) is 3.59. The normalized spacial score (nSPS) is 10.4. The number of carbonyl (C=O) groups is 1. The molecule has 0 bridgehead atoms. The maximum absolute atomic E-state index is 11.3. The summed E-state index contributed by atoms with van der Waals surface area (Å²) in [6.07, 6.45) is 2.73. The average molecular weight is 265 g/mol. The summed E-state index contributed by atoms with van der Waals surface area (Å²) in [6, 6.07) is 1.40. The predicted octanol–water partition coefficient (Wildman–Crippen LogP) is 0.783. The van der Waals surface area contributed by atoms with E-state index in [0.29, 0.717) is 6.54 Å². The average Bonchev–Trinajstić information content (AvgIpc) is 3.03. The number of nitro groups is 1. The molecule has 9 nitrogen and oxygen atoms in total. The van der Waals surface area contributed by atoms with Crippen LogP contribution in [0.5, 0.6) is 0 Å². The Hall–Kier alpha value is -2.71. The Morgan fingerprint density at radius 2 is 2.26 bits per heavy atom. The molecule has 19 heavy (non-hydrogen) atoms. The Labute approximate surface area is 107 Å². The molecule has 0 fully saturated rings. The van der Waals surface area contributed by atoms with Crippen molar-refractivity contribution in [3.8, 4) is 5.82 Å². The number of rotatable bonds is 4. The van der Waals surface area contributed by atoms with E-state index >= 15 is 0 Å². The van der Waals surface area contributed by atoms with Crippen molar-refractivity contribution in [3.05, 3.63) is 34.3 Å². The lowest BCUT2D eigenvalue weighted by molar-refractivity contribution is -0.384. The first-order chi connectivity index (χ1) is 9.06. The first-order valence-electron chi connectivity index (χ1n) is 5.43. The molecule has 2 aromatic rings. The molecule has 2 rings (SSSR count). The minimum atomic E-state index is -0.615. The van der Waals surface area contributed by atoms with Gasteiger partial charge in [-0.05, 0) is 13.0 Å². The highest BCUT2D eigenvalue weighted by Gasteiger charge is 2.22. The van der Waals surface area contributed by atoms with E-state index in [1.165, 1.54) is 34.9 Å². The number of aryl methyl sites for hydroxylation is 1. The van der Waals surface area contributed by atoms with Gasteiger partial charge in [-0.25, -0.2) is 9.48 Å². The van der Waals surface area contributed by atoms with Gasteiger partial charge in [0.15, 0.2) is 5.69 Å². The second kappa shape index (κ2) is 4.88. The molecule has 2 heterocycles. The molecule has 100 valence electrons. The van der Waals surface area contributed by atoms with Crippen molar-refractivity contribution in [3.63, 3.8) is 0 Å². The van der Waals surface area contributed by atoms with Crippen LogP contribution in [0.25, 0.3) is 5.82 Å². The van der Waals surface area contributed by atoms with Gasteiger partial charge in [0, 0.05) is 12.7 Å². The Balaban J connectivity index is 2.46. The van der Waals surface area contributed by atoms with Crippen molar-refractivity contribution in [1.29, 1.82) is 0 Å².